The molecule has 8 heteroatoms. The van der Waals surface area contributed by atoms with Crippen LogP contribution in [0.5, 0.6) is 0 Å². The number of nitrogens with zero attached hydrogens (tertiary/aromatic N) is 4. The van der Waals surface area contributed by atoms with Crippen molar-refractivity contribution < 1.29 is 14.7 Å². The van der Waals surface area contributed by atoms with Crippen LogP contribution < -0.4 is 5.32 Å². The van der Waals surface area contributed by atoms with Crippen LogP contribution in [0.1, 0.15) is 10.4 Å². The molecule has 1 aromatic heterocycles. The predicted octanol–water partition coefficient (Wildman–Crippen LogP) is -0.309. The van der Waals surface area contributed by atoms with Crippen LogP contribution in [0.15, 0.2) is 24.3 Å². The standard InChI is InChI=1S/C11H11N5O3/c1-16-10(13-14-15-16)7-2-4-8(5-3-7)11(19)12-6-9(17)18/h2-5H,6H2,1H3,(H,12,19)(H,17,18). The largest absolute Gasteiger partial charge is 0.480 e. The molecule has 0 saturated heterocycles. The number of carbonyl (C=O) groups excluding carboxylic acids is 1. The number of nitrogens with one attached hydrogen (secondary N) is 1. The first-order chi connectivity index (χ1) is 9.08. The fourth-order valence-electron chi connectivity index (χ4n) is 1.50. The van der Waals surface area contributed by atoms with Crippen molar-refractivity contribution in [2.45, 2.75) is 0 Å². The van der Waals surface area contributed by atoms with Gasteiger partial charge >= 0.3 is 5.97 Å². The Bertz CT molecular complexity index is 605. The Kier molecular flexibility index (Phi) is 3.51. The van der Waals surface area contributed by atoms with Gasteiger partial charge in [-0.3, -0.25) is 9.59 Å². The molecule has 0 fully saturated rings. The maximum atomic E-state index is 11.6. The van der Waals surface area contributed by atoms with Crippen LogP contribution in [-0.4, -0.2) is 43.7 Å². The van der Waals surface area contributed by atoms with Crippen LogP contribution in [-0.2, 0) is 11.8 Å². The molecule has 2 aromatic rings. The second-order valence-electron chi connectivity index (χ2n) is 3.78. The maximum Gasteiger partial charge on any atom is 0.322 e. The first kappa shape index (κ1) is 12.7. The number of carboxylic acid groups (broad SMARTS) is 1. The molecule has 19 heavy (non-hydrogen) atoms. The van der Waals surface area contributed by atoms with Gasteiger partial charge < -0.3 is 10.4 Å². The fraction of sp³-hybridized carbons (Fsp3) is 0.182. The van der Waals surface area contributed by atoms with Gasteiger partial charge in [0.15, 0.2) is 5.82 Å². The number of carboxylic acids is 1. The molecule has 98 valence electrons. The third-order valence-electron chi connectivity index (χ3n) is 2.43. The van der Waals surface area contributed by atoms with Crippen molar-refractivity contribution in [3.63, 3.8) is 0 Å². The Morgan fingerprint density at radius 2 is 2.00 bits per heavy atom. The van der Waals surface area contributed by atoms with Gasteiger partial charge in [0.25, 0.3) is 5.91 Å². The summed E-state index contributed by atoms with van der Waals surface area (Å²) in [7, 11) is 1.71. The summed E-state index contributed by atoms with van der Waals surface area (Å²) in [5.41, 5.74) is 1.14. The molecule has 0 bridgehead atoms. The monoisotopic (exact) mass is 261 g/mol. The van der Waals surface area contributed by atoms with Crippen molar-refractivity contribution in [2.75, 3.05) is 6.54 Å². The number of hydrogen-bond acceptors (Lipinski definition) is 5. The third kappa shape index (κ3) is 2.92. The molecule has 8 nitrogen and oxygen atoms in total. The van der Waals surface area contributed by atoms with E-state index in [0.717, 1.165) is 5.56 Å². The van der Waals surface area contributed by atoms with Gasteiger partial charge in [-0.25, -0.2) is 4.68 Å². The summed E-state index contributed by atoms with van der Waals surface area (Å²) in [4.78, 5) is 21.9. The zero-order chi connectivity index (χ0) is 13.8. The highest BCUT2D eigenvalue weighted by Gasteiger charge is 2.09. The summed E-state index contributed by atoms with van der Waals surface area (Å²) in [5.74, 6) is -0.947. The van der Waals surface area contributed by atoms with E-state index in [-0.39, 0.29) is 0 Å². The third-order valence-corrected chi connectivity index (χ3v) is 2.43. The van der Waals surface area contributed by atoms with Crippen molar-refractivity contribution >= 4 is 11.9 Å². The first-order valence-corrected chi connectivity index (χ1v) is 5.40. The fourth-order valence-corrected chi connectivity index (χ4v) is 1.50. The summed E-state index contributed by atoms with van der Waals surface area (Å²) < 4.78 is 1.51. The van der Waals surface area contributed by atoms with Crippen molar-refractivity contribution in [2.24, 2.45) is 7.05 Å². The zero-order valence-corrected chi connectivity index (χ0v) is 10.1. The molecule has 0 aliphatic rings. The number of benzene rings is 1. The molecule has 1 aromatic carbocycles. The highest BCUT2D eigenvalue weighted by atomic mass is 16.4. The summed E-state index contributed by atoms with van der Waals surface area (Å²) in [6.45, 7) is -0.409. The quantitative estimate of drug-likeness (QED) is 0.781. The van der Waals surface area contributed by atoms with Gasteiger partial charge in [0.05, 0.1) is 0 Å². The second kappa shape index (κ2) is 5.25. The molecule has 0 atom stereocenters. The molecule has 1 heterocycles. The molecule has 0 saturated carbocycles. The highest BCUT2D eigenvalue weighted by Crippen LogP contribution is 2.15. The minimum atomic E-state index is -1.09. The maximum absolute atomic E-state index is 11.6. The lowest BCUT2D eigenvalue weighted by Crippen LogP contribution is -2.29. The van der Waals surface area contributed by atoms with Crippen molar-refractivity contribution in [3.8, 4) is 11.4 Å². The van der Waals surface area contributed by atoms with E-state index in [0.29, 0.717) is 11.4 Å². The number of aliphatic carboxylic acids is 1. The van der Waals surface area contributed by atoms with Gasteiger partial charge in [0.1, 0.15) is 6.54 Å². The topological polar surface area (TPSA) is 110 Å². The molecule has 0 aliphatic heterocycles. The SMILES string of the molecule is Cn1nnnc1-c1ccc(C(=O)NCC(=O)O)cc1. The van der Waals surface area contributed by atoms with Gasteiger partial charge in [0.2, 0.25) is 0 Å². The van der Waals surface area contributed by atoms with Crippen LogP contribution in [0, 0.1) is 0 Å². The first-order valence-electron chi connectivity index (χ1n) is 5.40. The average molecular weight is 261 g/mol. The summed E-state index contributed by atoms with van der Waals surface area (Å²) in [6, 6.07) is 6.56. The number of aryl methyl sites for hydroxylation is 1. The van der Waals surface area contributed by atoms with Gasteiger partial charge in [-0.05, 0) is 22.6 Å². The Balaban J connectivity index is 2.13. The van der Waals surface area contributed by atoms with Crippen LogP contribution >= 0.6 is 0 Å². The predicted molar refractivity (Wildman–Crippen MR) is 64.2 cm³/mol. The Morgan fingerprint density at radius 1 is 1.32 bits per heavy atom. The lowest BCUT2D eigenvalue weighted by Gasteiger charge is -2.03. The smallest absolute Gasteiger partial charge is 0.322 e. The lowest BCUT2D eigenvalue weighted by molar-refractivity contribution is -0.135. The second-order valence-corrected chi connectivity index (χ2v) is 3.78. The number of carbonyl (C=O) groups is 2. The normalized spacial score (nSPS) is 10.2. The number of rotatable bonds is 4. The number of tetrazole rings is 1. The van der Waals surface area contributed by atoms with Gasteiger partial charge in [-0.15, -0.1) is 5.10 Å². The molecular formula is C11H11N5O3. The minimum Gasteiger partial charge on any atom is -0.480 e. The van der Waals surface area contributed by atoms with Crippen molar-refractivity contribution in [1.29, 1.82) is 0 Å². The van der Waals surface area contributed by atoms with E-state index in [2.05, 4.69) is 20.8 Å². The molecule has 0 spiro atoms. The van der Waals surface area contributed by atoms with Crippen LogP contribution in [0.25, 0.3) is 11.4 Å². The Labute approximate surface area is 108 Å². The van der Waals surface area contributed by atoms with Crippen LogP contribution in [0.4, 0.5) is 0 Å². The molecule has 2 rings (SSSR count). The Morgan fingerprint density at radius 3 is 2.53 bits per heavy atom. The van der Waals surface area contributed by atoms with Crippen molar-refractivity contribution in [1.82, 2.24) is 25.5 Å². The van der Waals surface area contributed by atoms with E-state index < -0.39 is 18.4 Å². The lowest BCUT2D eigenvalue weighted by atomic mass is 10.1. The van der Waals surface area contributed by atoms with Gasteiger partial charge in [-0.2, -0.15) is 0 Å². The van der Waals surface area contributed by atoms with E-state index in [4.69, 9.17) is 5.11 Å². The molecule has 0 aliphatic carbocycles. The van der Waals surface area contributed by atoms with Gasteiger partial charge in [-0.1, -0.05) is 12.1 Å². The summed E-state index contributed by atoms with van der Waals surface area (Å²) >= 11 is 0. The molecular weight excluding hydrogens is 250 g/mol. The molecule has 0 radical (unpaired) electrons. The molecule has 1 amide bonds. The summed E-state index contributed by atoms with van der Waals surface area (Å²) in [5, 5.41) is 21.8. The van der Waals surface area contributed by atoms with E-state index in [1.54, 1.807) is 31.3 Å². The molecule has 2 N–H and O–H groups in total. The number of hydrogen-bond donors (Lipinski definition) is 2. The highest BCUT2D eigenvalue weighted by molar-refractivity contribution is 5.96. The zero-order valence-electron chi connectivity index (χ0n) is 10.1. The number of aromatic nitrogens is 4. The van der Waals surface area contributed by atoms with E-state index in [1.165, 1.54) is 4.68 Å². The van der Waals surface area contributed by atoms with E-state index in [9.17, 15) is 9.59 Å². The van der Waals surface area contributed by atoms with Gasteiger partial charge in [0, 0.05) is 18.2 Å². The van der Waals surface area contributed by atoms with E-state index >= 15 is 0 Å². The number of amides is 1. The Hall–Kier alpha value is -2.77. The summed E-state index contributed by atoms with van der Waals surface area (Å²) in [6.07, 6.45) is 0. The van der Waals surface area contributed by atoms with Crippen LogP contribution in [0.3, 0.4) is 0 Å². The van der Waals surface area contributed by atoms with E-state index in [1.807, 2.05) is 0 Å². The van der Waals surface area contributed by atoms with Crippen LogP contribution in [0.2, 0.25) is 0 Å². The minimum absolute atomic E-state index is 0.375. The molecule has 0 unspecified atom stereocenters. The van der Waals surface area contributed by atoms with Crippen molar-refractivity contribution in [3.05, 3.63) is 29.8 Å². The average Bonchev–Trinajstić information content (AvgIpc) is 2.82.